The summed E-state index contributed by atoms with van der Waals surface area (Å²) in [5.41, 5.74) is 0.852. The first-order valence-corrected chi connectivity index (χ1v) is 10.2. The van der Waals surface area contributed by atoms with E-state index >= 15 is 0 Å². The van der Waals surface area contributed by atoms with Crippen LogP contribution in [0.15, 0.2) is 6.07 Å². The predicted molar refractivity (Wildman–Crippen MR) is 83.2 cm³/mol. The zero-order chi connectivity index (χ0) is 13.9. The Labute approximate surface area is 123 Å². The van der Waals surface area contributed by atoms with Crippen molar-refractivity contribution in [3.05, 3.63) is 15.2 Å². The smallest absolute Gasteiger partial charge is 0.222 e. The van der Waals surface area contributed by atoms with Crippen molar-refractivity contribution in [2.24, 2.45) is 0 Å². The van der Waals surface area contributed by atoms with E-state index in [0.717, 1.165) is 14.5 Å². The molecule has 0 amide bonds. The van der Waals surface area contributed by atoms with E-state index in [1.54, 1.807) is 21.3 Å². The van der Waals surface area contributed by atoms with Crippen LogP contribution in [0.1, 0.15) is 11.9 Å². The molecule has 0 aliphatic heterocycles. The molecule has 1 aromatic heterocycles. The zero-order valence-corrected chi connectivity index (χ0v) is 14.9. The van der Waals surface area contributed by atoms with E-state index in [2.05, 4.69) is 53.3 Å². The highest BCUT2D eigenvalue weighted by atomic mass is 127. The molecule has 102 valence electrons. The largest absolute Gasteiger partial charge is 0.481 e. The quantitative estimate of drug-likeness (QED) is 0.447. The van der Waals surface area contributed by atoms with Crippen molar-refractivity contribution in [2.45, 2.75) is 25.9 Å². The Morgan fingerprint density at radius 2 is 1.72 bits per heavy atom. The summed E-state index contributed by atoms with van der Waals surface area (Å²) in [6.45, 7) is 6.78. The van der Waals surface area contributed by atoms with E-state index in [9.17, 15) is 0 Å². The molecule has 0 aromatic carbocycles. The average molecular weight is 381 g/mol. The standard InChI is InChI=1S/C12H20INO3Si/c1-15-11-10(12(16-2)17-3)8(13)7-9(14-11)18(4,5)6/h7,12H,1-6H3. The molecule has 0 saturated carbocycles. The number of hydrogen-bond donors (Lipinski definition) is 0. The molecule has 0 aliphatic rings. The summed E-state index contributed by atoms with van der Waals surface area (Å²) in [6.07, 6.45) is -0.449. The number of hydrogen-bond acceptors (Lipinski definition) is 4. The summed E-state index contributed by atoms with van der Waals surface area (Å²) < 4.78 is 17.1. The van der Waals surface area contributed by atoms with Crippen molar-refractivity contribution >= 4 is 36.0 Å². The minimum Gasteiger partial charge on any atom is -0.481 e. The molecule has 1 aromatic rings. The topological polar surface area (TPSA) is 40.6 Å². The summed E-state index contributed by atoms with van der Waals surface area (Å²) in [4.78, 5) is 4.61. The van der Waals surface area contributed by atoms with Crippen LogP contribution in [0.25, 0.3) is 0 Å². The van der Waals surface area contributed by atoms with Gasteiger partial charge in [0.2, 0.25) is 5.88 Å². The summed E-state index contributed by atoms with van der Waals surface area (Å²) in [5, 5.41) is 1.12. The lowest BCUT2D eigenvalue weighted by atomic mass is 10.2. The van der Waals surface area contributed by atoms with E-state index in [0.29, 0.717) is 5.88 Å². The van der Waals surface area contributed by atoms with Gasteiger partial charge in [-0.15, -0.1) is 0 Å². The second-order valence-corrected chi connectivity index (χ2v) is 11.1. The molecule has 0 spiro atoms. The van der Waals surface area contributed by atoms with Crippen LogP contribution in [0.3, 0.4) is 0 Å². The van der Waals surface area contributed by atoms with Gasteiger partial charge in [0.15, 0.2) is 6.29 Å². The van der Waals surface area contributed by atoms with Crippen LogP contribution in [-0.4, -0.2) is 34.4 Å². The van der Waals surface area contributed by atoms with Gasteiger partial charge < -0.3 is 14.2 Å². The minimum absolute atomic E-state index is 0.449. The van der Waals surface area contributed by atoms with Crippen LogP contribution in [-0.2, 0) is 9.47 Å². The fourth-order valence-electron chi connectivity index (χ4n) is 1.59. The normalized spacial score (nSPS) is 12.0. The predicted octanol–water partition coefficient (Wildman–Crippen LogP) is 2.53. The van der Waals surface area contributed by atoms with Crippen molar-refractivity contribution < 1.29 is 14.2 Å². The summed E-state index contributed by atoms with van der Waals surface area (Å²) in [6, 6.07) is 2.11. The Hall–Kier alpha value is -0.183. The Bertz CT molecular complexity index is 417. The maximum absolute atomic E-state index is 5.39. The van der Waals surface area contributed by atoms with Crippen molar-refractivity contribution in [3.63, 3.8) is 0 Å². The Morgan fingerprint density at radius 1 is 1.17 bits per heavy atom. The lowest BCUT2D eigenvalue weighted by molar-refractivity contribution is -0.107. The molecule has 4 nitrogen and oxygen atoms in total. The number of ether oxygens (including phenoxy) is 3. The molecule has 0 unspecified atom stereocenters. The molecule has 0 aliphatic carbocycles. The lowest BCUT2D eigenvalue weighted by Crippen LogP contribution is -2.40. The number of aromatic nitrogens is 1. The highest BCUT2D eigenvalue weighted by Gasteiger charge is 2.25. The molecule has 1 heterocycles. The van der Waals surface area contributed by atoms with Crippen molar-refractivity contribution in [1.29, 1.82) is 0 Å². The van der Waals surface area contributed by atoms with Crippen molar-refractivity contribution in [1.82, 2.24) is 4.98 Å². The highest BCUT2D eigenvalue weighted by Crippen LogP contribution is 2.30. The van der Waals surface area contributed by atoms with Gasteiger partial charge in [-0.3, -0.25) is 0 Å². The van der Waals surface area contributed by atoms with Crippen LogP contribution < -0.4 is 10.1 Å². The number of methoxy groups -OCH3 is 3. The second-order valence-electron chi connectivity index (χ2n) is 4.97. The molecule has 1 rings (SSSR count). The number of pyridine rings is 1. The third-order valence-corrected chi connectivity index (χ3v) is 5.28. The van der Waals surface area contributed by atoms with Gasteiger partial charge >= 0.3 is 0 Å². The van der Waals surface area contributed by atoms with E-state index in [1.165, 1.54) is 0 Å². The first-order valence-electron chi connectivity index (χ1n) is 5.65. The fourth-order valence-corrected chi connectivity index (χ4v) is 3.68. The van der Waals surface area contributed by atoms with E-state index < -0.39 is 14.4 Å². The van der Waals surface area contributed by atoms with E-state index in [4.69, 9.17) is 14.2 Å². The maximum atomic E-state index is 5.39. The van der Waals surface area contributed by atoms with E-state index in [-0.39, 0.29) is 0 Å². The molecule has 0 fully saturated rings. The van der Waals surface area contributed by atoms with Crippen LogP contribution in [0, 0.1) is 3.57 Å². The molecule has 0 atom stereocenters. The Kier molecular flexibility index (Phi) is 5.57. The van der Waals surface area contributed by atoms with Crippen LogP contribution >= 0.6 is 22.6 Å². The van der Waals surface area contributed by atoms with Gasteiger partial charge in [0, 0.05) is 23.1 Å². The van der Waals surface area contributed by atoms with Gasteiger partial charge in [0.25, 0.3) is 0 Å². The third kappa shape index (κ3) is 3.43. The first kappa shape index (κ1) is 15.9. The summed E-state index contributed by atoms with van der Waals surface area (Å²) >= 11 is 2.28. The van der Waals surface area contributed by atoms with Crippen molar-refractivity contribution in [3.8, 4) is 5.88 Å². The Balaban J connectivity index is 3.37. The van der Waals surface area contributed by atoms with E-state index in [1.807, 2.05) is 0 Å². The third-order valence-electron chi connectivity index (χ3n) is 2.60. The van der Waals surface area contributed by atoms with Gasteiger partial charge in [-0.1, -0.05) is 19.6 Å². The van der Waals surface area contributed by atoms with Crippen LogP contribution in [0.4, 0.5) is 0 Å². The molecule has 0 radical (unpaired) electrons. The molecule has 0 N–H and O–H groups in total. The number of halogens is 1. The lowest BCUT2D eigenvalue weighted by Gasteiger charge is -2.22. The molecule has 0 saturated heterocycles. The fraction of sp³-hybridized carbons (Fsp3) is 0.583. The molecular weight excluding hydrogens is 361 g/mol. The molecular formula is C12H20INO3Si. The van der Waals surface area contributed by atoms with Crippen LogP contribution in [0.5, 0.6) is 5.88 Å². The molecule has 18 heavy (non-hydrogen) atoms. The average Bonchev–Trinajstić information content (AvgIpc) is 2.30. The first-order chi connectivity index (χ1) is 8.35. The van der Waals surface area contributed by atoms with Gasteiger partial charge in [-0.2, -0.15) is 0 Å². The number of rotatable bonds is 5. The van der Waals surface area contributed by atoms with Gasteiger partial charge in [-0.05, 0) is 28.7 Å². The van der Waals surface area contributed by atoms with Crippen LogP contribution in [0.2, 0.25) is 19.6 Å². The van der Waals surface area contributed by atoms with Gasteiger partial charge in [0.05, 0.1) is 12.7 Å². The SMILES string of the molecule is COc1nc([Si](C)(C)C)cc(I)c1C(OC)OC. The zero-order valence-electron chi connectivity index (χ0n) is 11.7. The van der Waals surface area contributed by atoms with Gasteiger partial charge in [-0.25, -0.2) is 4.98 Å². The highest BCUT2D eigenvalue weighted by molar-refractivity contribution is 14.1. The minimum atomic E-state index is -1.47. The van der Waals surface area contributed by atoms with Gasteiger partial charge in [0.1, 0.15) is 8.07 Å². The van der Waals surface area contributed by atoms with Crippen molar-refractivity contribution in [2.75, 3.05) is 21.3 Å². The molecule has 6 heteroatoms. The second kappa shape index (κ2) is 6.31. The monoisotopic (exact) mass is 381 g/mol. The molecule has 0 bridgehead atoms. The number of nitrogens with zero attached hydrogens (tertiary/aromatic N) is 1. The summed E-state index contributed by atoms with van der Waals surface area (Å²) in [5.74, 6) is 0.591. The maximum Gasteiger partial charge on any atom is 0.222 e. The Morgan fingerprint density at radius 3 is 2.11 bits per heavy atom. The summed E-state index contributed by atoms with van der Waals surface area (Å²) in [7, 11) is 3.37.